The molecule has 0 bridgehead atoms. The van der Waals surface area contributed by atoms with Gasteiger partial charge in [0.1, 0.15) is 10.5 Å². The Balaban J connectivity index is 1.41. The van der Waals surface area contributed by atoms with Crippen molar-refractivity contribution in [3.05, 3.63) is 40.9 Å². The zero-order chi connectivity index (χ0) is 19.0. The Bertz CT molecular complexity index is 880. The van der Waals surface area contributed by atoms with Gasteiger partial charge in [-0.2, -0.15) is 0 Å². The minimum absolute atomic E-state index is 0.0467. The molecule has 0 radical (unpaired) electrons. The summed E-state index contributed by atoms with van der Waals surface area (Å²) in [5, 5.41) is 3.99. The summed E-state index contributed by atoms with van der Waals surface area (Å²) in [4.78, 5) is 27.3. The molecular weight excluding hydrogens is 358 g/mol. The van der Waals surface area contributed by atoms with Gasteiger partial charge in [-0.3, -0.25) is 15.0 Å². The number of aryl methyl sites for hydroxylation is 1. The third kappa shape index (κ3) is 3.49. The molecule has 2 aromatic rings. The van der Waals surface area contributed by atoms with Crippen molar-refractivity contribution in [2.75, 3.05) is 27.2 Å². The van der Waals surface area contributed by atoms with Gasteiger partial charge in [0, 0.05) is 50.4 Å². The van der Waals surface area contributed by atoms with Crippen molar-refractivity contribution < 1.29 is 4.79 Å². The van der Waals surface area contributed by atoms with Crippen LogP contribution in [0.1, 0.15) is 23.3 Å². The summed E-state index contributed by atoms with van der Waals surface area (Å²) in [7, 11) is 3.81. The maximum atomic E-state index is 12.4. The minimum atomic E-state index is -0.573. The van der Waals surface area contributed by atoms with E-state index in [9.17, 15) is 4.79 Å². The average Bonchev–Trinajstić information content (AvgIpc) is 3.23. The highest BCUT2D eigenvalue weighted by Gasteiger charge is 2.46. The predicted octanol–water partition coefficient (Wildman–Crippen LogP) is 2.50. The number of hydrogen-bond donors (Lipinski definition) is 1. The molecule has 1 aromatic carbocycles. The summed E-state index contributed by atoms with van der Waals surface area (Å²) in [5.74, 6) is 0.726. The molecule has 0 aliphatic carbocycles. The first-order chi connectivity index (χ1) is 13.0. The number of guanidine groups is 1. The number of nitrogens with one attached hydrogen (secondary N) is 1. The number of benzene rings is 1. The Kier molecular flexibility index (Phi) is 4.74. The van der Waals surface area contributed by atoms with Crippen LogP contribution in [-0.2, 0) is 11.3 Å². The third-order valence-electron chi connectivity index (χ3n) is 5.38. The lowest BCUT2D eigenvalue weighted by molar-refractivity contribution is -0.125. The van der Waals surface area contributed by atoms with E-state index >= 15 is 0 Å². The quantitative estimate of drug-likeness (QED) is 0.885. The molecule has 27 heavy (non-hydrogen) atoms. The van der Waals surface area contributed by atoms with Crippen LogP contribution in [0.3, 0.4) is 0 Å². The van der Waals surface area contributed by atoms with Gasteiger partial charge in [-0.05, 0) is 25.3 Å². The molecule has 2 aliphatic heterocycles. The van der Waals surface area contributed by atoms with Crippen LogP contribution in [0.2, 0.25) is 0 Å². The first-order valence-corrected chi connectivity index (χ1v) is 10.1. The van der Waals surface area contributed by atoms with E-state index in [-0.39, 0.29) is 5.91 Å². The lowest BCUT2D eigenvalue weighted by Gasteiger charge is -2.35. The maximum absolute atomic E-state index is 12.4. The SMILES string of the molecule is Cc1ccccc1-c1ncc(CN2CCC3(CC2)N=C(N(C)C)NC3=O)s1. The summed E-state index contributed by atoms with van der Waals surface area (Å²) < 4.78 is 0. The van der Waals surface area contributed by atoms with E-state index in [0.29, 0.717) is 5.96 Å². The highest BCUT2D eigenvalue weighted by atomic mass is 32.1. The number of carbonyl (C=O) groups excluding carboxylic acids is 1. The van der Waals surface area contributed by atoms with Crippen LogP contribution in [0.25, 0.3) is 10.6 Å². The van der Waals surface area contributed by atoms with Crippen molar-refractivity contribution >= 4 is 23.2 Å². The van der Waals surface area contributed by atoms with Gasteiger partial charge in [0.15, 0.2) is 0 Å². The second-order valence-electron chi connectivity index (χ2n) is 7.54. The Morgan fingerprint density at radius 2 is 2.00 bits per heavy atom. The van der Waals surface area contributed by atoms with E-state index in [1.54, 1.807) is 11.3 Å². The molecule has 1 spiro atoms. The lowest BCUT2D eigenvalue weighted by atomic mass is 9.88. The number of piperidine rings is 1. The van der Waals surface area contributed by atoms with Crippen LogP contribution >= 0.6 is 11.3 Å². The van der Waals surface area contributed by atoms with Crippen molar-refractivity contribution in [3.63, 3.8) is 0 Å². The topological polar surface area (TPSA) is 60.8 Å². The average molecular weight is 384 g/mol. The number of amides is 1. The molecule has 6 nitrogen and oxygen atoms in total. The summed E-state index contributed by atoms with van der Waals surface area (Å²) in [5.41, 5.74) is 1.88. The van der Waals surface area contributed by atoms with E-state index in [2.05, 4.69) is 46.4 Å². The van der Waals surface area contributed by atoms with Gasteiger partial charge >= 0.3 is 0 Å². The molecule has 0 saturated carbocycles. The summed E-state index contributed by atoms with van der Waals surface area (Å²) >= 11 is 1.76. The van der Waals surface area contributed by atoms with E-state index in [1.807, 2.05) is 25.2 Å². The zero-order valence-corrected chi connectivity index (χ0v) is 16.8. The van der Waals surface area contributed by atoms with Crippen LogP contribution in [0.4, 0.5) is 0 Å². The fraction of sp³-hybridized carbons (Fsp3) is 0.450. The molecule has 0 unspecified atom stereocenters. The van der Waals surface area contributed by atoms with Crippen molar-refractivity contribution in [1.82, 2.24) is 20.1 Å². The number of nitrogens with zero attached hydrogens (tertiary/aromatic N) is 4. The Hall–Kier alpha value is -2.25. The van der Waals surface area contributed by atoms with Crippen LogP contribution in [0.15, 0.2) is 35.5 Å². The summed E-state index contributed by atoms with van der Waals surface area (Å²) in [6.07, 6.45) is 3.51. The second kappa shape index (κ2) is 7.05. The van der Waals surface area contributed by atoms with Gasteiger partial charge in [-0.1, -0.05) is 24.3 Å². The highest BCUT2D eigenvalue weighted by molar-refractivity contribution is 7.15. The monoisotopic (exact) mass is 383 g/mol. The first-order valence-electron chi connectivity index (χ1n) is 9.28. The number of aromatic nitrogens is 1. The number of aliphatic imine (C=N–C) groups is 1. The molecule has 1 N–H and O–H groups in total. The molecule has 4 rings (SSSR count). The smallest absolute Gasteiger partial charge is 0.254 e. The van der Waals surface area contributed by atoms with Crippen LogP contribution in [0, 0.1) is 6.92 Å². The molecule has 7 heteroatoms. The normalized spacial score (nSPS) is 19.2. The predicted molar refractivity (Wildman–Crippen MR) is 109 cm³/mol. The van der Waals surface area contributed by atoms with Crippen molar-refractivity contribution in [1.29, 1.82) is 0 Å². The first kappa shape index (κ1) is 18.1. The minimum Gasteiger partial charge on any atom is -0.349 e. The van der Waals surface area contributed by atoms with Crippen LogP contribution < -0.4 is 5.32 Å². The molecule has 142 valence electrons. The highest BCUT2D eigenvalue weighted by Crippen LogP contribution is 2.32. The van der Waals surface area contributed by atoms with E-state index in [1.165, 1.54) is 16.0 Å². The molecule has 1 aromatic heterocycles. The van der Waals surface area contributed by atoms with Crippen molar-refractivity contribution in [3.8, 4) is 10.6 Å². The molecule has 1 amide bonds. The number of thiazole rings is 1. The van der Waals surface area contributed by atoms with E-state index in [4.69, 9.17) is 4.99 Å². The maximum Gasteiger partial charge on any atom is 0.254 e. The van der Waals surface area contributed by atoms with Gasteiger partial charge in [-0.15, -0.1) is 11.3 Å². The van der Waals surface area contributed by atoms with Gasteiger partial charge < -0.3 is 4.90 Å². The summed E-state index contributed by atoms with van der Waals surface area (Å²) in [6, 6.07) is 8.36. The molecule has 1 fully saturated rings. The van der Waals surface area contributed by atoms with Crippen LogP contribution in [0.5, 0.6) is 0 Å². The van der Waals surface area contributed by atoms with Gasteiger partial charge in [-0.25, -0.2) is 9.98 Å². The van der Waals surface area contributed by atoms with Crippen molar-refractivity contribution in [2.24, 2.45) is 4.99 Å². The fourth-order valence-corrected chi connectivity index (χ4v) is 4.71. The second-order valence-corrected chi connectivity index (χ2v) is 8.65. The van der Waals surface area contributed by atoms with Gasteiger partial charge in [0.05, 0.1) is 0 Å². The number of likely N-dealkylation sites (tertiary alicyclic amines) is 1. The van der Waals surface area contributed by atoms with Crippen molar-refractivity contribution in [2.45, 2.75) is 31.8 Å². The Morgan fingerprint density at radius 1 is 1.26 bits per heavy atom. The number of carbonyl (C=O) groups is 1. The molecular formula is C20H25N5OS. The Morgan fingerprint density at radius 3 is 2.67 bits per heavy atom. The lowest BCUT2D eigenvalue weighted by Crippen LogP contribution is -2.49. The largest absolute Gasteiger partial charge is 0.349 e. The molecule has 3 heterocycles. The summed E-state index contributed by atoms with van der Waals surface area (Å²) in [6.45, 7) is 4.74. The number of hydrogen-bond acceptors (Lipinski definition) is 6. The Labute approximate surface area is 163 Å². The van der Waals surface area contributed by atoms with Crippen LogP contribution in [-0.4, -0.2) is 59.4 Å². The van der Waals surface area contributed by atoms with Gasteiger partial charge in [0.2, 0.25) is 5.96 Å². The standard InChI is InChI=1S/C20H25N5OS/c1-14-6-4-5-7-16(14)17-21-12-15(27-17)13-25-10-8-20(9-11-25)18(26)22-19(23-20)24(2)3/h4-7,12H,8-11,13H2,1-3H3,(H,22,23,26). The van der Waals surface area contributed by atoms with Gasteiger partial charge in [0.25, 0.3) is 5.91 Å². The molecule has 0 atom stereocenters. The molecule has 1 saturated heterocycles. The third-order valence-corrected chi connectivity index (χ3v) is 6.40. The molecule has 2 aliphatic rings. The van der Waals surface area contributed by atoms with E-state index < -0.39 is 5.54 Å². The fourth-order valence-electron chi connectivity index (χ4n) is 3.67. The zero-order valence-electron chi connectivity index (χ0n) is 16.0. The number of rotatable bonds is 3. The van der Waals surface area contributed by atoms with E-state index in [0.717, 1.165) is 37.5 Å².